The van der Waals surface area contributed by atoms with Crippen LogP contribution in [0.3, 0.4) is 0 Å². The van der Waals surface area contributed by atoms with Crippen LogP contribution in [0.4, 0.5) is 0 Å². The molecule has 108 valence electrons. The van der Waals surface area contributed by atoms with Crippen molar-refractivity contribution < 1.29 is 18.3 Å². The SMILES string of the molecule is CCC(CC)NS(=O)(=O)c1ccc(OCCO)cc1. The van der Waals surface area contributed by atoms with Gasteiger partial charge in [0, 0.05) is 6.04 Å². The third-order valence-electron chi connectivity index (χ3n) is 2.80. The molecule has 0 aliphatic heterocycles. The molecule has 1 rings (SSSR count). The Hall–Kier alpha value is -1.11. The van der Waals surface area contributed by atoms with Gasteiger partial charge in [0.1, 0.15) is 12.4 Å². The summed E-state index contributed by atoms with van der Waals surface area (Å²) in [6.07, 6.45) is 1.51. The maximum Gasteiger partial charge on any atom is 0.240 e. The normalized spacial score (nSPS) is 11.8. The van der Waals surface area contributed by atoms with Gasteiger partial charge in [0.15, 0.2) is 0 Å². The van der Waals surface area contributed by atoms with Crippen LogP contribution in [-0.2, 0) is 10.0 Å². The Labute approximate surface area is 114 Å². The third-order valence-corrected chi connectivity index (χ3v) is 4.34. The molecule has 0 bridgehead atoms. The first-order valence-electron chi connectivity index (χ1n) is 6.39. The van der Waals surface area contributed by atoms with Crippen LogP contribution in [0.5, 0.6) is 5.75 Å². The van der Waals surface area contributed by atoms with Crippen molar-refractivity contribution in [1.29, 1.82) is 0 Å². The number of hydrogen-bond donors (Lipinski definition) is 2. The van der Waals surface area contributed by atoms with Crippen LogP contribution < -0.4 is 9.46 Å². The first kappa shape index (κ1) is 15.9. The minimum absolute atomic E-state index is 0.0460. The molecular formula is C13H21NO4S. The van der Waals surface area contributed by atoms with Gasteiger partial charge in [-0.2, -0.15) is 0 Å². The molecular weight excluding hydrogens is 266 g/mol. The summed E-state index contributed by atoms with van der Waals surface area (Å²) >= 11 is 0. The number of aliphatic hydroxyl groups is 1. The summed E-state index contributed by atoms with van der Waals surface area (Å²) in [5, 5.41) is 8.63. The monoisotopic (exact) mass is 287 g/mol. The van der Waals surface area contributed by atoms with Crippen molar-refractivity contribution in [1.82, 2.24) is 4.72 Å². The van der Waals surface area contributed by atoms with Crippen LogP contribution in [0.15, 0.2) is 29.2 Å². The van der Waals surface area contributed by atoms with E-state index in [1.807, 2.05) is 13.8 Å². The van der Waals surface area contributed by atoms with E-state index in [0.717, 1.165) is 12.8 Å². The summed E-state index contributed by atoms with van der Waals surface area (Å²) in [6, 6.07) is 6.11. The van der Waals surface area contributed by atoms with E-state index in [1.54, 1.807) is 12.1 Å². The van der Waals surface area contributed by atoms with Crippen LogP contribution in [0.2, 0.25) is 0 Å². The zero-order valence-corrected chi connectivity index (χ0v) is 12.1. The second kappa shape index (κ2) is 7.47. The van der Waals surface area contributed by atoms with Gasteiger partial charge >= 0.3 is 0 Å². The lowest BCUT2D eigenvalue weighted by atomic mass is 10.2. The molecule has 0 unspecified atom stereocenters. The molecule has 0 radical (unpaired) electrons. The van der Waals surface area contributed by atoms with E-state index >= 15 is 0 Å². The molecule has 0 fully saturated rings. The number of hydrogen-bond acceptors (Lipinski definition) is 4. The highest BCUT2D eigenvalue weighted by Gasteiger charge is 2.17. The molecule has 0 aliphatic carbocycles. The zero-order valence-electron chi connectivity index (χ0n) is 11.3. The van der Waals surface area contributed by atoms with Gasteiger partial charge in [0.25, 0.3) is 0 Å². The van der Waals surface area contributed by atoms with Gasteiger partial charge in [-0.15, -0.1) is 0 Å². The number of nitrogens with one attached hydrogen (secondary N) is 1. The number of benzene rings is 1. The summed E-state index contributed by atoms with van der Waals surface area (Å²) < 4.78 is 32.0. The van der Waals surface area contributed by atoms with Crippen LogP contribution in [0.1, 0.15) is 26.7 Å². The summed E-state index contributed by atoms with van der Waals surface area (Å²) in [7, 11) is -3.48. The van der Waals surface area contributed by atoms with E-state index in [-0.39, 0.29) is 24.2 Å². The van der Waals surface area contributed by atoms with E-state index in [2.05, 4.69) is 4.72 Å². The Bertz CT molecular complexity index is 466. The molecule has 0 aliphatic rings. The molecule has 6 heteroatoms. The minimum Gasteiger partial charge on any atom is -0.491 e. The Kier molecular flexibility index (Phi) is 6.27. The van der Waals surface area contributed by atoms with Crippen LogP contribution in [0, 0.1) is 0 Å². The number of sulfonamides is 1. The third kappa shape index (κ3) is 4.81. The van der Waals surface area contributed by atoms with Crippen molar-refractivity contribution >= 4 is 10.0 Å². The maximum atomic E-state index is 12.1. The van der Waals surface area contributed by atoms with Crippen LogP contribution in [0.25, 0.3) is 0 Å². The van der Waals surface area contributed by atoms with Crippen molar-refractivity contribution in [3.8, 4) is 5.75 Å². The highest BCUT2D eigenvalue weighted by atomic mass is 32.2. The molecule has 0 saturated heterocycles. The summed E-state index contributed by atoms with van der Waals surface area (Å²) in [6.45, 7) is 4.01. The molecule has 0 heterocycles. The molecule has 1 aromatic carbocycles. The molecule has 1 aromatic rings. The highest BCUT2D eigenvalue weighted by Crippen LogP contribution is 2.16. The fourth-order valence-corrected chi connectivity index (χ4v) is 3.02. The van der Waals surface area contributed by atoms with Crippen molar-refractivity contribution in [2.24, 2.45) is 0 Å². The lowest BCUT2D eigenvalue weighted by Crippen LogP contribution is -2.33. The molecule has 19 heavy (non-hydrogen) atoms. The fraction of sp³-hybridized carbons (Fsp3) is 0.538. The second-order valence-electron chi connectivity index (χ2n) is 4.18. The van der Waals surface area contributed by atoms with Crippen molar-refractivity contribution in [3.05, 3.63) is 24.3 Å². The molecule has 5 nitrogen and oxygen atoms in total. The van der Waals surface area contributed by atoms with Gasteiger partial charge in [0.2, 0.25) is 10.0 Å². The van der Waals surface area contributed by atoms with Crippen molar-refractivity contribution in [2.45, 2.75) is 37.6 Å². The Balaban J connectivity index is 2.78. The van der Waals surface area contributed by atoms with E-state index in [1.165, 1.54) is 12.1 Å². The minimum atomic E-state index is -3.48. The standard InChI is InChI=1S/C13H21NO4S/c1-3-11(4-2)14-19(16,17)13-7-5-12(6-8-13)18-10-9-15/h5-8,11,14-15H,3-4,9-10H2,1-2H3. The lowest BCUT2D eigenvalue weighted by Gasteiger charge is -2.15. The number of rotatable bonds is 8. The second-order valence-corrected chi connectivity index (χ2v) is 5.89. The van der Waals surface area contributed by atoms with Gasteiger partial charge < -0.3 is 9.84 Å². The summed E-state index contributed by atoms with van der Waals surface area (Å²) in [5.41, 5.74) is 0. The molecule has 2 N–H and O–H groups in total. The fourth-order valence-electron chi connectivity index (χ4n) is 1.62. The first-order chi connectivity index (χ1) is 9.03. The largest absolute Gasteiger partial charge is 0.491 e. The summed E-state index contributed by atoms with van der Waals surface area (Å²) in [5.74, 6) is 0.538. The van der Waals surface area contributed by atoms with E-state index in [4.69, 9.17) is 9.84 Å². The average molecular weight is 287 g/mol. The van der Waals surface area contributed by atoms with Gasteiger partial charge in [-0.1, -0.05) is 13.8 Å². The Morgan fingerprint density at radius 3 is 2.26 bits per heavy atom. The predicted octanol–water partition coefficient (Wildman–Crippen LogP) is 1.52. The predicted molar refractivity (Wildman–Crippen MR) is 73.7 cm³/mol. The maximum absolute atomic E-state index is 12.1. The van der Waals surface area contributed by atoms with E-state index < -0.39 is 10.0 Å². The van der Waals surface area contributed by atoms with Crippen molar-refractivity contribution in [3.63, 3.8) is 0 Å². The number of ether oxygens (including phenoxy) is 1. The smallest absolute Gasteiger partial charge is 0.240 e. The Morgan fingerprint density at radius 1 is 1.21 bits per heavy atom. The topological polar surface area (TPSA) is 75.6 Å². The Morgan fingerprint density at radius 2 is 1.79 bits per heavy atom. The summed E-state index contributed by atoms with van der Waals surface area (Å²) in [4.78, 5) is 0.218. The zero-order chi connectivity index (χ0) is 14.3. The van der Waals surface area contributed by atoms with E-state index in [9.17, 15) is 8.42 Å². The highest BCUT2D eigenvalue weighted by molar-refractivity contribution is 7.89. The number of aliphatic hydroxyl groups excluding tert-OH is 1. The van der Waals surface area contributed by atoms with Gasteiger partial charge in [-0.05, 0) is 37.1 Å². The first-order valence-corrected chi connectivity index (χ1v) is 7.87. The van der Waals surface area contributed by atoms with Crippen molar-refractivity contribution in [2.75, 3.05) is 13.2 Å². The quantitative estimate of drug-likeness (QED) is 0.760. The lowest BCUT2D eigenvalue weighted by molar-refractivity contribution is 0.201. The molecule has 0 spiro atoms. The van der Waals surface area contributed by atoms with Crippen LogP contribution >= 0.6 is 0 Å². The molecule has 0 amide bonds. The molecule has 0 aromatic heterocycles. The van der Waals surface area contributed by atoms with Gasteiger partial charge in [-0.25, -0.2) is 13.1 Å². The molecule has 0 atom stereocenters. The van der Waals surface area contributed by atoms with Crippen LogP contribution in [-0.4, -0.2) is 32.8 Å². The van der Waals surface area contributed by atoms with E-state index in [0.29, 0.717) is 5.75 Å². The molecule has 0 saturated carbocycles. The average Bonchev–Trinajstić information content (AvgIpc) is 2.43. The van der Waals surface area contributed by atoms with Gasteiger partial charge in [-0.3, -0.25) is 0 Å². The van der Waals surface area contributed by atoms with Gasteiger partial charge in [0.05, 0.1) is 11.5 Å².